The summed E-state index contributed by atoms with van der Waals surface area (Å²) in [6.07, 6.45) is 5.11. The Morgan fingerprint density at radius 1 is 0.730 bits per heavy atom. The van der Waals surface area contributed by atoms with E-state index in [2.05, 4.69) is 0 Å². The molecule has 0 bridgehead atoms. The van der Waals surface area contributed by atoms with Crippen LogP contribution in [0.4, 0.5) is 5.69 Å². The topological polar surface area (TPSA) is 74.8 Å². The predicted molar refractivity (Wildman–Crippen MR) is 139 cm³/mol. The fourth-order valence-corrected chi connectivity index (χ4v) is 5.68. The second kappa shape index (κ2) is 8.82. The number of rotatable bonds is 5. The molecule has 0 radical (unpaired) electrons. The van der Waals surface area contributed by atoms with Crippen molar-refractivity contribution in [1.29, 1.82) is 0 Å². The number of benzene rings is 3. The van der Waals surface area contributed by atoms with Gasteiger partial charge in [-0.15, -0.1) is 0 Å². The number of nitrogens with zero attached hydrogens (tertiary/aromatic N) is 2. The number of anilines is 1. The largest absolute Gasteiger partial charge is 0.359 e. The first-order valence-corrected chi connectivity index (χ1v) is 12.3. The first-order chi connectivity index (χ1) is 18.0. The molecule has 0 aromatic heterocycles. The second-order valence-electron chi connectivity index (χ2n) is 9.64. The van der Waals surface area contributed by atoms with E-state index in [1.807, 2.05) is 31.2 Å². The number of carbonyl (C=O) groups is 4. The van der Waals surface area contributed by atoms with Gasteiger partial charge in [-0.1, -0.05) is 84.4 Å². The van der Waals surface area contributed by atoms with Crippen molar-refractivity contribution in [1.82, 2.24) is 4.90 Å². The highest BCUT2D eigenvalue weighted by atomic mass is 16.2. The van der Waals surface area contributed by atoms with Gasteiger partial charge in [0.25, 0.3) is 0 Å². The summed E-state index contributed by atoms with van der Waals surface area (Å²) in [6.45, 7) is 1.93. The van der Waals surface area contributed by atoms with Crippen LogP contribution in [0, 0.1) is 18.8 Å². The van der Waals surface area contributed by atoms with E-state index in [1.54, 1.807) is 83.9 Å². The Hall–Kier alpha value is -4.58. The number of Topliss-reactive ketones (excluding diaryl/α,β-unsaturated/α-hetero) is 2. The molecular formula is C31H24N2O4. The van der Waals surface area contributed by atoms with Gasteiger partial charge in [-0.2, -0.15) is 0 Å². The van der Waals surface area contributed by atoms with Crippen LogP contribution in [-0.4, -0.2) is 40.4 Å². The lowest BCUT2D eigenvalue weighted by Gasteiger charge is -2.32. The zero-order chi connectivity index (χ0) is 25.7. The zero-order valence-electron chi connectivity index (χ0n) is 20.2. The van der Waals surface area contributed by atoms with Gasteiger partial charge in [-0.25, -0.2) is 4.90 Å². The highest BCUT2D eigenvalue weighted by Crippen LogP contribution is 2.47. The fourth-order valence-electron chi connectivity index (χ4n) is 5.68. The van der Waals surface area contributed by atoms with Gasteiger partial charge in [-0.05, 0) is 25.1 Å². The van der Waals surface area contributed by atoms with Gasteiger partial charge in [0.05, 0.1) is 23.6 Å². The molecule has 0 aliphatic carbocycles. The van der Waals surface area contributed by atoms with E-state index in [9.17, 15) is 19.2 Å². The van der Waals surface area contributed by atoms with Crippen LogP contribution in [0.1, 0.15) is 26.3 Å². The van der Waals surface area contributed by atoms with Crippen molar-refractivity contribution in [3.05, 3.63) is 126 Å². The van der Waals surface area contributed by atoms with E-state index < -0.39 is 23.9 Å². The predicted octanol–water partition coefficient (Wildman–Crippen LogP) is 4.37. The number of hydrogen-bond acceptors (Lipinski definition) is 5. The van der Waals surface area contributed by atoms with Crippen molar-refractivity contribution >= 4 is 29.1 Å². The first kappa shape index (κ1) is 22.9. The molecule has 2 amide bonds. The van der Waals surface area contributed by atoms with E-state index in [0.717, 1.165) is 5.56 Å². The van der Waals surface area contributed by atoms with Gasteiger partial charge in [0, 0.05) is 22.9 Å². The second-order valence-corrected chi connectivity index (χ2v) is 9.64. The summed E-state index contributed by atoms with van der Waals surface area (Å²) in [5.74, 6) is -2.77. The van der Waals surface area contributed by atoms with E-state index in [-0.39, 0.29) is 23.4 Å². The average molecular weight is 489 g/mol. The minimum atomic E-state index is -0.862. The first-order valence-electron chi connectivity index (χ1n) is 12.3. The molecular weight excluding hydrogens is 464 g/mol. The lowest BCUT2D eigenvalue weighted by molar-refractivity contribution is -0.123. The molecule has 6 nitrogen and oxygen atoms in total. The zero-order valence-corrected chi connectivity index (χ0v) is 20.2. The summed E-state index contributed by atoms with van der Waals surface area (Å²) >= 11 is 0. The Balaban J connectivity index is 1.43. The quantitative estimate of drug-likeness (QED) is 0.394. The van der Waals surface area contributed by atoms with E-state index in [1.165, 1.54) is 4.90 Å². The number of carbonyl (C=O) groups excluding carboxylic acids is 4. The smallest absolute Gasteiger partial charge is 0.240 e. The van der Waals surface area contributed by atoms with Crippen molar-refractivity contribution in [2.45, 2.75) is 19.0 Å². The van der Waals surface area contributed by atoms with Crippen LogP contribution < -0.4 is 4.90 Å². The van der Waals surface area contributed by atoms with E-state index in [4.69, 9.17) is 0 Å². The van der Waals surface area contributed by atoms with Crippen LogP contribution >= 0.6 is 0 Å². The van der Waals surface area contributed by atoms with Crippen LogP contribution in [0.5, 0.6) is 0 Å². The summed E-state index contributed by atoms with van der Waals surface area (Å²) in [6, 6.07) is 23.5. The Morgan fingerprint density at radius 2 is 1.32 bits per heavy atom. The van der Waals surface area contributed by atoms with Crippen molar-refractivity contribution in [2.24, 2.45) is 11.8 Å². The Bertz CT molecular complexity index is 1470. The molecule has 3 aliphatic rings. The van der Waals surface area contributed by atoms with E-state index in [0.29, 0.717) is 22.4 Å². The van der Waals surface area contributed by atoms with E-state index >= 15 is 0 Å². The minimum absolute atomic E-state index is 0.168. The fraction of sp³-hybridized carbons (Fsp3) is 0.161. The number of fused-ring (bicyclic) bond motifs is 3. The third kappa shape index (κ3) is 3.64. The maximum Gasteiger partial charge on any atom is 0.240 e. The Kier molecular flexibility index (Phi) is 5.45. The Morgan fingerprint density at radius 3 is 1.97 bits per heavy atom. The number of ketones is 2. The van der Waals surface area contributed by atoms with Crippen LogP contribution in [0.3, 0.4) is 0 Å². The highest BCUT2D eigenvalue weighted by Gasteiger charge is 2.63. The molecule has 0 saturated carbocycles. The summed E-state index contributed by atoms with van der Waals surface area (Å²) in [5, 5.41) is 0. The highest BCUT2D eigenvalue weighted by molar-refractivity contribution is 6.25. The molecule has 37 heavy (non-hydrogen) atoms. The molecule has 182 valence electrons. The molecule has 6 heteroatoms. The van der Waals surface area contributed by atoms with Crippen molar-refractivity contribution in [3.8, 4) is 0 Å². The normalized spacial score (nSPS) is 24.1. The molecule has 3 heterocycles. The van der Waals surface area contributed by atoms with Gasteiger partial charge < -0.3 is 4.90 Å². The third-order valence-corrected chi connectivity index (χ3v) is 7.47. The SMILES string of the molecule is Cc1ccc(N2C(=O)[C@@H]3[C@H](C2=O)[C@@H]2C=C(C(=O)c4ccccc4)C=CN2[C@@H]3C(=O)c2ccccc2)cc1. The van der Waals surface area contributed by atoms with Crippen molar-refractivity contribution in [2.75, 3.05) is 4.90 Å². The van der Waals surface area contributed by atoms with Gasteiger partial charge in [0.2, 0.25) is 11.8 Å². The monoisotopic (exact) mass is 488 g/mol. The lowest BCUT2D eigenvalue weighted by atomic mass is 9.85. The molecule has 3 aromatic carbocycles. The Labute approximate surface area is 214 Å². The molecule has 2 fully saturated rings. The van der Waals surface area contributed by atoms with Gasteiger partial charge in [0.15, 0.2) is 11.6 Å². The molecule has 0 spiro atoms. The van der Waals surface area contributed by atoms with Gasteiger partial charge in [0.1, 0.15) is 6.04 Å². The van der Waals surface area contributed by atoms with Crippen molar-refractivity contribution in [3.63, 3.8) is 0 Å². The molecule has 6 rings (SSSR count). The van der Waals surface area contributed by atoms with Gasteiger partial charge in [-0.3, -0.25) is 19.2 Å². The van der Waals surface area contributed by atoms with Crippen LogP contribution in [0.2, 0.25) is 0 Å². The van der Waals surface area contributed by atoms with Gasteiger partial charge >= 0.3 is 0 Å². The standard InChI is InChI=1S/C31H24N2O4/c1-19-12-14-23(15-13-19)33-30(36)25-24-18-22(28(34)20-8-4-2-5-9-20)16-17-32(24)27(26(25)31(33)37)29(35)21-10-6-3-7-11-21/h2-18,24-27H,1H3/t24-,25+,26+,27-/m0/s1. The third-order valence-electron chi connectivity index (χ3n) is 7.47. The molecule has 3 aliphatic heterocycles. The molecule has 3 aromatic rings. The molecule has 0 unspecified atom stereocenters. The summed E-state index contributed by atoms with van der Waals surface area (Å²) in [7, 11) is 0. The molecule has 4 atom stereocenters. The number of aryl methyl sites for hydroxylation is 1. The molecule has 2 saturated heterocycles. The number of allylic oxidation sites excluding steroid dienone is 2. The number of amides is 2. The summed E-state index contributed by atoms with van der Waals surface area (Å²) < 4.78 is 0. The maximum absolute atomic E-state index is 13.8. The lowest BCUT2D eigenvalue weighted by Crippen LogP contribution is -2.46. The average Bonchev–Trinajstić information content (AvgIpc) is 3.41. The number of imide groups is 1. The van der Waals surface area contributed by atoms with Crippen LogP contribution in [0.25, 0.3) is 0 Å². The van der Waals surface area contributed by atoms with Crippen LogP contribution in [0.15, 0.2) is 109 Å². The summed E-state index contributed by atoms with van der Waals surface area (Å²) in [4.78, 5) is 57.6. The number of hydrogen-bond donors (Lipinski definition) is 0. The minimum Gasteiger partial charge on any atom is -0.359 e. The summed E-state index contributed by atoms with van der Waals surface area (Å²) in [5.41, 5.74) is 2.95. The van der Waals surface area contributed by atoms with Crippen molar-refractivity contribution < 1.29 is 19.2 Å². The maximum atomic E-state index is 13.8. The molecule has 0 N–H and O–H groups in total. The van der Waals surface area contributed by atoms with Crippen LogP contribution in [-0.2, 0) is 9.59 Å².